The predicted molar refractivity (Wildman–Crippen MR) is 83.5 cm³/mol. The molecule has 2 aliphatic heterocycles. The van der Waals surface area contributed by atoms with Crippen LogP contribution in [0.25, 0.3) is 0 Å². The fourth-order valence-corrected chi connectivity index (χ4v) is 4.03. The van der Waals surface area contributed by atoms with Gasteiger partial charge in [0.15, 0.2) is 11.5 Å². The molecule has 114 valence electrons. The number of ether oxygens (including phenoxy) is 2. The third-order valence-corrected chi connectivity index (χ3v) is 4.65. The van der Waals surface area contributed by atoms with Crippen LogP contribution in [0.4, 0.5) is 0 Å². The van der Waals surface area contributed by atoms with Crippen LogP contribution in [-0.4, -0.2) is 18.2 Å². The van der Waals surface area contributed by atoms with Crippen LogP contribution < -0.4 is 14.8 Å². The molecule has 1 unspecified atom stereocenters. The molecular weight excluding hydrogens is 334 g/mol. The molecule has 0 bridgehead atoms. The Hall–Kier alpha value is -1.23. The van der Waals surface area contributed by atoms with Gasteiger partial charge < -0.3 is 14.8 Å². The number of amides is 1. The van der Waals surface area contributed by atoms with Gasteiger partial charge >= 0.3 is 0 Å². The molecule has 0 aromatic heterocycles. The molecule has 1 fully saturated rings. The maximum Gasteiger partial charge on any atom is 0.231 e. The molecule has 1 N–H and O–H groups in total. The van der Waals surface area contributed by atoms with E-state index in [1.54, 1.807) is 0 Å². The Kier molecular flexibility index (Phi) is 3.86. The van der Waals surface area contributed by atoms with Gasteiger partial charge in [0.05, 0.1) is 4.47 Å². The zero-order chi connectivity index (χ0) is 15.0. The number of hydrogen-bond donors (Lipinski definition) is 1. The highest BCUT2D eigenvalue weighted by Gasteiger charge is 2.38. The molecule has 1 saturated heterocycles. The fourth-order valence-electron chi connectivity index (χ4n) is 3.43. The Balaban J connectivity index is 1.86. The first-order valence-corrected chi connectivity index (χ1v) is 8.16. The first-order valence-electron chi connectivity index (χ1n) is 7.36. The fraction of sp³-hybridized carbons (Fsp3) is 0.562. The zero-order valence-electron chi connectivity index (χ0n) is 12.4. The average molecular weight is 354 g/mol. The van der Waals surface area contributed by atoms with Gasteiger partial charge in [-0.2, -0.15) is 0 Å². The number of carbonyl (C=O) groups excluding carboxylic acids is 1. The summed E-state index contributed by atoms with van der Waals surface area (Å²) in [6.45, 7) is 4.66. The molecule has 1 aromatic rings. The number of fused-ring (bicyclic) bond motifs is 1. The Morgan fingerprint density at radius 2 is 2.19 bits per heavy atom. The van der Waals surface area contributed by atoms with Gasteiger partial charge in [0, 0.05) is 12.0 Å². The summed E-state index contributed by atoms with van der Waals surface area (Å²) >= 11 is 3.54. The van der Waals surface area contributed by atoms with Gasteiger partial charge in [0.1, 0.15) is 0 Å². The van der Waals surface area contributed by atoms with Crippen LogP contribution in [0, 0.1) is 5.92 Å². The number of benzene rings is 1. The van der Waals surface area contributed by atoms with Crippen LogP contribution in [0.2, 0.25) is 0 Å². The van der Waals surface area contributed by atoms with E-state index in [4.69, 9.17) is 9.47 Å². The lowest BCUT2D eigenvalue weighted by Crippen LogP contribution is -2.44. The summed E-state index contributed by atoms with van der Waals surface area (Å²) in [7, 11) is 0. The summed E-state index contributed by atoms with van der Waals surface area (Å²) < 4.78 is 11.8. The minimum Gasteiger partial charge on any atom is -0.454 e. The van der Waals surface area contributed by atoms with Crippen molar-refractivity contribution in [2.75, 3.05) is 6.79 Å². The lowest BCUT2D eigenvalue weighted by atomic mass is 9.82. The van der Waals surface area contributed by atoms with Crippen molar-refractivity contribution >= 4 is 21.8 Å². The molecule has 2 aliphatic rings. The van der Waals surface area contributed by atoms with Gasteiger partial charge in [-0.1, -0.05) is 13.8 Å². The quantitative estimate of drug-likeness (QED) is 0.901. The Morgan fingerprint density at radius 3 is 2.86 bits per heavy atom. The monoisotopic (exact) mass is 353 g/mol. The molecule has 1 amide bonds. The zero-order valence-corrected chi connectivity index (χ0v) is 14.0. The molecule has 21 heavy (non-hydrogen) atoms. The van der Waals surface area contributed by atoms with Crippen LogP contribution >= 0.6 is 15.9 Å². The molecule has 0 aliphatic carbocycles. The Morgan fingerprint density at radius 1 is 1.38 bits per heavy atom. The summed E-state index contributed by atoms with van der Waals surface area (Å²) in [5, 5.41) is 3.21. The molecule has 0 radical (unpaired) electrons. The summed E-state index contributed by atoms with van der Waals surface area (Å²) in [6.07, 6.45) is 3.34. The highest BCUT2D eigenvalue weighted by molar-refractivity contribution is 9.10. The second kappa shape index (κ2) is 5.52. The predicted octanol–water partition coefficient (Wildman–Crippen LogP) is 3.42. The third kappa shape index (κ3) is 3.03. The highest BCUT2D eigenvalue weighted by Crippen LogP contribution is 2.41. The van der Waals surface area contributed by atoms with E-state index in [2.05, 4.69) is 41.2 Å². The summed E-state index contributed by atoms with van der Waals surface area (Å²) in [5.41, 5.74) is 1.03. The summed E-state index contributed by atoms with van der Waals surface area (Å²) in [5.74, 6) is 2.26. The third-order valence-electron chi connectivity index (χ3n) is 4.06. The van der Waals surface area contributed by atoms with Gasteiger partial charge in [-0.15, -0.1) is 0 Å². The second-order valence-electron chi connectivity index (χ2n) is 6.41. The average Bonchev–Trinajstić information content (AvgIpc) is 2.96. The molecule has 2 heterocycles. The van der Waals surface area contributed by atoms with E-state index in [0.29, 0.717) is 12.3 Å². The van der Waals surface area contributed by atoms with Crippen LogP contribution in [-0.2, 0) is 11.2 Å². The van der Waals surface area contributed by atoms with E-state index in [9.17, 15) is 4.79 Å². The SMILES string of the molecule is CC(C)CC1(Cc2cc(Br)c3c(c2)OCO3)CCC(=O)N1. The van der Waals surface area contributed by atoms with Gasteiger partial charge in [0.2, 0.25) is 12.7 Å². The number of halogens is 1. The smallest absolute Gasteiger partial charge is 0.231 e. The van der Waals surface area contributed by atoms with Gasteiger partial charge in [-0.05, 0) is 58.8 Å². The van der Waals surface area contributed by atoms with E-state index in [0.717, 1.165) is 40.8 Å². The molecule has 0 saturated carbocycles. The molecule has 4 nitrogen and oxygen atoms in total. The van der Waals surface area contributed by atoms with Crippen molar-refractivity contribution in [1.82, 2.24) is 5.32 Å². The van der Waals surface area contributed by atoms with Crippen molar-refractivity contribution < 1.29 is 14.3 Å². The lowest BCUT2D eigenvalue weighted by molar-refractivity contribution is -0.119. The molecule has 3 rings (SSSR count). The van der Waals surface area contributed by atoms with Crippen LogP contribution in [0.1, 0.15) is 38.7 Å². The largest absolute Gasteiger partial charge is 0.454 e. The van der Waals surface area contributed by atoms with Crippen molar-refractivity contribution in [1.29, 1.82) is 0 Å². The molecule has 1 atom stereocenters. The topological polar surface area (TPSA) is 47.6 Å². The van der Waals surface area contributed by atoms with Gasteiger partial charge in [-0.3, -0.25) is 4.79 Å². The molecular formula is C16H20BrNO3. The van der Waals surface area contributed by atoms with Crippen molar-refractivity contribution in [3.8, 4) is 11.5 Å². The first-order chi connectivity index (χ1) is 9.97. The van der Waals surface area contributed by atoms with E-state index in [-0.39, 0.29) is 18.2 Å². The van der Waals surface area contributed by atoms with E-state index in [1.807, 2.05) is 6.07 Å². The molecule has 0 spiro atoms. The summed E-state index contributed by atoms with van der Waals surface area (Å²) in [6, 6.07) is 4.10. The van der Waals surface area contributed by atoms with Gasteiger partial charge in [0.25, 0.3) is 0 Å². The van der Waals surface area contributed by atoms with Gasteiger partial charge in [-0.25, -0.2) is 0 Å². The molecule has 1 aromatic carbocycles. The lowest BCUT2D eigenvalue weighted by Gasteiger charge is -2.31. The molecule has 5 heteroatoms. The maximum absolute atomic E-state index is 11.7. The van der Waals surface area contributed by atoms with Crippen molar-refractivity contribution in [3.05, 3.63) is 22.2 Å². The maximum atomic E-state index is 11.7. The highest BCUT2D eigenvalue weighted by atomic mass is 79.9. The normalized spacial score (nSPS) is 23.7. The van der Waals surface area contributed by atoms with E-state index >= 15 is 0 Å². The Labute approximate surface area is 133 Å². The second-order valence-corrected chi connectivity index (χ2v) is 7.27. The van der Waals surface area contributed by atoms with E-state index in [1.165, 1.54) is 0 Å². The number of nitrogens with one attached hydrogen (secondary N) is 1. The first kappa shape index (κ1) is 14.7. The van der Waals surface area contributed by atoms with Crippen LogP contribution in [0.3, 0.4) is 0 Å². The standard InChI is InChI=1S/C16H20BrNO3/c1-10(2)7-16(4-3-14(19)18-16)8-11-5-12(17)15-13(6-11)20-9-21-15/h5-6,10H,3-4,7-9H2,1-2H3,(H,18,19). The van der Waals surface area contributed by atoms with Crippen molar-refractivity contribution in [2.45, 2.75) is 45.1 Å². The van der Waals surface area contributed by atoms with Crippen molar-refractivity contribution in [3.63, 3.8) is 0 Å². The number of hydrogen-bond acceptors (Lipinski definition) is 3. The van der Waals surface area contributed by atoms with Crippen LogP contribution in [0.15, 0.2) is 16.6 Å². The summed E-state index contributed by atoms with van der Waals surface area (Å²) in [4.78, 5) is 11.7. The van der Waals surface area contributed by atoms with Crippen molar-refractivity contribution in [2.24, 2.45) is 5.92 Å². The minimum absolute atomic E-state index is 0.127. The van der Waals surface area contributed by atoms with Crippen LogP contribution in [0.5, 0.6) is 11.5 Å². The number of carbonyl (C=O) groups is 1. The van der Waals surface area contributed by atoms with E-state index < -0.39 is 0 Å². The minimum atomic E-state index is -0.127. The Bertz CT molecular complexity index is 573. The number of rotatable bonds is 4.